The third-order valence-electron chi connectivity index (χ3n) is 3.40. The molecule has 0 aliphatic carbocycles. The molecule has 0 aromatic carbocycles. The minimum absolute atomic E-state index is 0.127. The summed E-state index contributed by atoms with van der Waals surface area (Å²) in [5, 5.41) is 0. The first-order valence-electron chi connectivity index (χ1n) is 6.70. The fourth-order valence-corrected chi connectivity index (χ4v) is 2.30. The van der Waals surface area contributed by atoms with E-state index in [0.29, 0.717) is 12.0 Å². The van der Waals surface area contributed by atoms with E-state index in [2.05, 4.69) is 32.6 Å². The molecule has 1 atom stereocenters. The molecule has 2 N–H and O–H groups in total. The Hall–Kier alpha value is -0.610. The van der Waals surface area contributed by atoms with Gasteiger partial charge in [-0.05, 0) is 26.2 Å². The predicted octanol–water partition coefficient (Wildman–Crippen LogP) is 0.912. The summed E-state index contributed by atoms with van der Waals surface area (Å²) in [6.07, 6.45) is 0.781. The zero-order valence-electron chi connectivity index (χ0n) is 11.6. The molecule has 0 spiro atoms. The Balaban J connectivity index is 2.40. The van der Waals surface area contributed by atoms with Crippen LogP contribution < -0.4 is 5.73 Å². The summed E-state index contributed by atoms with van der Waals surface area (Å²) in [5.41, 5.74) is 5.94. The smallest absolute Gasteiger partial charge is 0.239 e. The third kappa shape index (κ3) is 4.28. The van der Waals surface area contributed by atoms with Crippen molar-refractivity contribution in [2.24, 2.45) is 11.7 Å². The molecule has 1 saturated heterocycles. The van der Waals surface area contributed by atoms with Crippen molar-refractivity contribution < 1.29 is 4.79 Å². The summed E-state index contributed by atoms with van der Waals surface area (Å²) in [5.74, 6) is 0.605. The minimum atomic E-state index is -0.319. The molecule has 0 bridgehead atoms. The van der Waals surface area contributed by atoms with Gasteiger partial charge < -0.3 is 10.6 Å². The molecule has 1 fully saturated rings. The average molecular weight is 241 g/mol. The van der Waals surface area contributed by atoms with Crippen LogP contribution in [0.15, 0.2) is 0 Å². The maximum absolute atomic E-state index is 12.1. The van der Waals surface area contributed by atoms with Crippen molar-refractivity contribution in [2.45, 2.75) is 46.2 Å². The number of amides is 1. The summed E-state index contributed by atoms with van der Waals surface area (Å²) >= 11 is 0. The Morgan fingerprint density at radius 2 is 1.65 bits per heavy atom. The number of piperazine rings is 1. The van der Waals surface area contributed by atoms with Crippen LogP contribution >= 0.6 is 0 Å². The first-order chi connectivity index (χ1) is 7.91. The standard InChI is InChI=1S/C13H27N3O/c1-10(2)9-12(14)13(17)16-7-5-15(6-8-16)11(3)4/h10-12H,5-9,14H2,1-4H3. The van der Waals surface area contributed by atoms with E-state index in [1.54, 1.807) is 0 Å². The SMILES string of the molecule is CC(C)CC(N)C(=O)N1CCN(C(C)C)CC1. The summed E-state index contributed by atoms with van der Waals surface area (Å²) in [4.78, 5) is 16.4. The van der Waals surface area contributed by atoms with Gasteiger partial charge in [0, 0.05) is 32.2 Å². The van der Waals surface area contributed by atoms with E-state index in [-0.39, 0.29) is 11.9 Å². The van der Waals surface area contributed by atoms with Crippen LogP contribution in [0.4, 0.5) is 0 Å². The van der Waals surface area contributed by atoms with Gasteiger partial charge in [-0.2, -0.15) is 0 Å². The Bertz CT molecular complexity index is 245. The van der Waals surface area contributed by atoms with Crippen molar-refractivity contribution in [3.63, 3.8) is 0 Å². The van der Waals surface area contributed by atoms with Crippen LogP contribution in [0.25, 0.3) is 0 Å². The molecule has 1 aliphatic rings. The molecule has 0 aromatic rings. The van der Waals surface area contributed by atoms with Crippen molar-refractivity contribution in [1.29, 1.82) is 0 Å². The van der Waals surface area contributed by atoms with Gasteiger partial charge in [0.1, 0.15) is 0 Å². The fraction of sp³-hybridized carbons (Fsp3) is 0.923. The molecular formula is C13H27N3O. The van der Waals surface area contributed by atoms with Crippen molar-refractivity contribution >= 4 is 5.91 Å². The highest BCUT2D eigenvalue weighted by Gasteiger charge is 2.26. The van der Waals surface area contributed by atoms with E-state index >= 15 is 0 Å². The van der Waals surface area contributed by atoms with Crippen molar-refractivity contribution in [1.82, 2.24) is 9.80 Å². The van der Waals surface area contributed by atoms with Gasteiger partial charge in [0.25, 0.3) is 0 Å². The van der Waals surface area contributed by atoms with E-state index in [1.165, 1.54) is 0 Å². The zero-order valence-corrected chi connectivity index (χ0v) is 11.6. The summed E-state index contributed by atoms with van der Waals surface area (Å²) < 4.78 is 0. The largest absolute Gasteiger partial charge is 0.339 e. The quantitative estimate of drug-likeness (QED) is 0.796. The van der Waals surface area contributed by atoms with E-state index in [0.717, 1.165) is 32.6 Å². The first kappa shape index (κ1) is 14.5. The lowest BCUT2D eigenvalue weighted by molar-refractivity contribution is -0.135. The van der Waals surface area contributed by atoms with Gasteiger partial charge in [0.15, 0.2) is 0 Å². The molecule has 1 rings (SSSR count). The van der Waals surface area contributed by atoms with Crippen LogP contribution in [0, 0.1) is 5.92 Å². The van der Waals surface area contributed by atoms with Gasteiger partial charge in [-0.1, -0.05) is 13.8 Å². The van der Waals surface area contributed by atoms with Crippen molar-refractivity contribution in [3.05, 3.63) is 0 Å². The second kappa shape index (κ2) is 6.36. The number of carbonyl (C=O) groups is 1. The lowest BCUT2D eigenvalue weighted by atomic mass is 10.0. The van der Waals surface area contributed by atoms with Gasteiger partial charge in [0.05, 0.1) is 6.04 Å². The second-order valence-electron chi connectivity index (χ2n) is 5.69. The Morgan fingerprint density at radius 3 is 2.06 bits per heavy atom. The number of nitrogens with zero attached hydrogens (tertiary/aromatic N) is 2. The molecule has 1 aliphatic heterocycles. The highest BCUT2D eigenvalue weighted by molar-refractivity contribution is 5.81. The number of hydrogen-bond donors (Lipinski definition) is 1. The predicted molar refractivity (Wildman–Crippen MR) is 70.7 cm³/mol. The molecule has 1 amide bonds. The highest BCUT2D eigenvalue weighted by atomic mass is 16.2. The monoisotopic (exact) mass is 241 g/mol. The van der Waals surface area contributed by atoms with Crippen LogP contribution in [-0.4, -0.2) is 54.0 Å². The van der Waals surface area contributed by atoms with Gasteiger partial charge in [-0.25, -0.2) is 0 Å². The molecule has 1 unspecified atom stereocenters. The Labute approximate surface area is 105 Å². The van der Waals surface area contributed by atoms with Crippen LogP contribution in [0.1, 0.15) is 34.1 Å². The van der Waals surface area contributed by atoms with Crippen molar-refractivity contribution in [3.8, 4) is 0 Å². The Kier molecular flexibility index (Phi) is 5.40. The average Bonchev–Trinajstić information content (AvgIpc) is 2.27. The topological polar surface area (TPSA) is 49.6 Å². The minimum Gasteiger partial charge on any atom is -0.339 e. The van der Waals surface area contributed by atoms with Gasteiger partial charge >= 0.3 is 0 Å². The maximum atomic E-state index is 12.1. The molecule has 17 heavy (non-hydrogen) atoms. The van der Waals surface area contributed by atoms with Crippen LogP contribution in [0.2, 0.25) is 0 Å². The molecule has 0 saturated carbocycles. The van der Waals surface area contributed by atoms with E-state index < -0.39 is 0 Å². The second-order valence-corrected chi connectivity index (χ2v) is 5.69. The van der Waals surface area contributed by atoms with Crippen molar-refractivity contribution in [2.75, 3.05) is 26.2 Å². The Morgan fingerprint density at radius 1 is 1.12 bits per heavy atom. The molecule has 0 aromatic heterocycles. The maximum Gasteiger partial charge on any atom is 0.239 e. The summed E-state index contributed by atoms with van der Waals surface area (Å²) in [6.45, 7) is 12.2. The number of nitrogens with two attached hydrogens (primary N) is 1. The molecule has 100 valence electrons. The van der Waals surface area contributed by atoms with E-state index in [4.69, 9.17) is 5.73 Å². The summed E-state index contributed by atoms with van der Waals surface area (Å²) in [7, 11) is 0. The lowest BCUT2D eigenvalue weighted by Gasteiger charge is -2.38. The fourth-order valence-electron chi connectivity index (χ4n) is 2.30. The van der Waals surface area contributed by atoms with E-state index in [1.807, 2.05) is 4.90 Å². The van der Waals surface area contributed by atoms with Crippen LogP contribution in [0.5, 0.6) is 0 Å². The number of hydrogen-bond acceptors (Lipinski definition) is 3. The molecule has 4 nitrogen and oxygen atoms in total. The number of carbonyl (C=O) groups excluding carboxylic acids is 1. The highest BCUT2D eigenvalue weighted by Crippen LogP contribution is 2.10. The lowest BCUT2D eigenvalue weighted by Crippen LogP contribution is -2.54. The molecule has 4 heteroatoms. The van der Waals surface area contributed by atoms with Crippen LogP contribution in [0.3, 0.4) is 0 Å². The molecule has 1 heterocycles. The zero-order chi connectivity index (χ0) is 13.0. The first-order valence-corrected chi connectivity index (χ1v) is 6.70. The third-order valence-corrected chi connectivity index (χ3v) is 3.40. The van der Waals surface area contributed by atoms with Gasteiger partial charge in [0.2, 0.25) is 5.91 Å². The van der Waals surface area contributed by atoms with Gasteiger partial charge in [-0.3, -0.25) is 9.69 Å². The summed E-state index contributed by atoms with van der Waals surface area (Å²) in [6, 6.07) is 0.247. The van der Waals surface area contributed by atoms with E-state index in [9.17, 15) is 4.79 Å². The molecular weight excluding hydrogens is 214 g/mol. The molecule has 0 radical (unpaired) electrons. The van der Waals surface area contributed by atoms with Gasteiger partial charge in [-0.15, -0.1) is 0 Å². The number of rotatable bonds is 4. The normalized spacial score (nSPS) is 20.1. The van der Waals surface area contributed by atoms with Crippen LogP contribution in [-0.2, 0) is 4.79 Å².